The van der Waals surface area contributed by atoms with Crippen LogP contribution in [0.5, 0.6) is 0 Å². The molecule has 1 unspecified atom stereocenters. The minimum Gasteiger partial charge on any atom is -0.391 e. The van der Waals surface area contributed by atoms with Crippen molar-refractivity contribution in [3.63, 3.8) is 0 Å². The maximum Gasteiger partial charge on any atom is 0.472 e. The molecule has 9 heteroatoms. The number of nitrogens with one attached hydrogen (secondary N) is 1. The van der Waals surface area contributed by atoms with E-state index in [1.54, 1.807) is 0 Å². The van der Waals surface area contributed by atoms with E-state index in [0.717, 1.165) is 38.5 Å². The van der Waals surface area contributed by atoms with Crippen molar-refractivity contribution in [3.8, 4) is 0 Å². The predicted octanol–water partition coefficient (Wildman–Crippen LogP) is 13.4. The molecule has 0 spiro atoms. The van der Waals surface area contributed by atoms with Gasteiger partial charge in [0.15, 0.2) is 0 Å². The number of hydrogen-bond acceptors (Lipinski definition) is 5. The van der Waals surface area contributed by atoms with E-state index in [0.29, 0.717) is 23.9 Å². The number of nitrogens with zero attached hydrogens (tertiary/aromatic N) is 1. The number of rotatable bonds is 44. The molecule has 0 rings (SSSR count). The van der Waals surface area contributed by atoms with Gasteiger partial charge >= 0.3 is 7.82 Å². The fourth-order valence-electron chi connectivity index (χ4n) is 7.28. The molecule has 0 aromatic heterocycles. The lowest BCUT2D eigenvalue weighted by molar-refractivity contribution is -0.870. The first-order valence-electron chi connectivity index (χ1n) is 23.9. The predicted molar refractivity (Wildman–Crippen MR) is 236 cm³/mol. The van der Waals surface area contributed by atoms with Gasteiger partial charge in [0.2, 0.25) is 5.91 Å². The molecule has 0 aromatic carbocycles. The maximum atomic E-state index is 12.9. The Morgan fingerprint density at radius 1 is 0.545 bits per heavy atom. The summed E-state index contributed by atoms with van der Waals surface area (Å²) in [6.07, 6.45) is 42.7. The number of aliphatic hydroxyl groups is 1. The number of quaternary nitrogens is 1. The molecule has 330 valence electrons. The molecule has 0 aliphatic carbocycles. The SMILES string of the molecule is CCCCCCCCCCCCCCCCCCCCCCC(=O)N[C@@H](COP(=O)(O)OCC[N+](C)(C)C)[C@H](O)CCCCCCCCCCCCCCC. The van der Waals surface area contributed by atoms with Crippen molar-refractivity contribution in [2.24, 2.45) is 0 Å². The van der Waals surface area contributed by atoms with Gasteiger partial charge < -0.3 is 19.8 Å². The number of likely N-dealkylation sites (N-methyl/N-ethyl adjacent to an activating group) is 1. The average Bonchev–Trinajstić information content (AvgIpc) is 3.13. The first-order valence-corrected chi connectivity index (χ1v) is 25.4. The Hall–Kier alpha value is -0.500. The van der Waals surface area contributed by atoms with Crippen LogP contribution >= 0.6 is 7.82 Å². The van der Waals surface area contributed by atoms with E-state index in [2.05, 4.69) is 19.2 Å². The highest BCUT2D eigenvalue weighted by Crippen LogP contribution is 2.43. The Morgan fingerprint density at radius 3 is 1.22 bits per heavy atom. The number of phosphoric acid groups is 1. The van der Waals surface area contributed by atoms with Crippen molar-refractivity contribution in [2.45, 2.75) is 251 Å². The normalized spacial score (nSPS) is 14.2. The van der Waals surface area contributed by atoms with Crippen molar-refractivity contribution in [1.82, 2.24) is 5.32 Å². The third-order valence-corrected chi connectivity index (χ3v) is 12.1. The number of unbranched alkanes of at least 4 members (excludes halogenated alkanes) is 31. The molecule has 0 aliphatic heterocycles. The first-order chi connectivity index (χ1) is 26.5. The summed E-state index contributed by atoms with van der Waals surface area (Å²) in [7, 11) is 1.63. The fraction of sp³-hybridized carbons (Fsp3) is 0.978. The molecule has 0 saturated heterocycles. The number of carbonyl (C=O) groups is 1. The molecule has 55 heavy (non-hydrogen) atoms. The molecule has 1 amide bonds. The van der Waals surface area contributed by atoms with Crippen LogP contribution in [0, 0.1) is 0 Å². The third-order valence-electron chi connectivity index (χ3n) is 11.1. The summed E-state index contributed by atoms with van der Waals surface area (Å²) in [5, 5.41) is 14.0. The standard InChI is InChI=1S/C46H95N2O6P/c1-6-8-10-12-14-16-18-20-21-22-23-24-25-26-28-30-32-34-36-38-40-46(50)47-44(43-54-55(51,52)53-42-41-48(3,4)5)45(49)39-37-35-33-31-29-27-19-17-15-13-11-9-7-2/h44-45,49H,6-43H2,1-5H3,(H-,47,50,51,52)/p+1/t44-,45+/m0/s1. The van der Waals surface area contributed by atoms with Crippen LogP contribution in [0.15, 0.2) is 0 Å². The second-order valence-electron chi connectivity index (χ2n) is 17.9. The molecule has 0 aromatic rings. The molecule has 0 heterocycles. The number of carbonyl (C=O) groups excluding carboxylic acids is 1. The van der Waals surface area contributed by atoms with Gasteiger partial charge in [-0.15, -0.1) is 0 Å². The van der Waals surface area contributed by atoms with E-state index in [4.69, 9.17) is 9.05 Å². The summed E-state index contributed by atoms with van der Waals surface area (Å²) in [4.78, 5) is 23.2. The van der Waals surface area contributed by atoms with Crippen molar-refractivity contribution >= 4 is 13.7 Å². The van der Waals surface area contributed by atoms with Gasteiger partial charge in [0.1, 0.15) is 13.2 Å². The number of aliphatic hydroxyl groups excluding tert-OH is 1. The van der Waals surface area contributed by atoms with E-state index in [1.807, 2.05) is 21.1 Å². The smallest absolute Gasteiger partial charge is 0.391 e. The molecule has 0 bridgehead atoms. The Balaban J connectivity index is 4.23. The van der Waals surface area contributed by atoms with Gasteiger partial charge in [0, 0.05) is 6.42 Å². The zero-order chi connectivity index (χ0) is 40.7. The van der Waals surface area contributed by atoms with Crippen molar-refractivity contribution in [1.29, 1.82) is 0 Å². The monoisotopic (exact) mass is 804 g/mol. The van der Waals surface area contributed by atoms with Gasteiger partial charge in [-0.05, 0) is 12.8 Å². The minimum atomic E-state index is -4.31. The average molecular weight is 804 g/mol. The Bertz CT molecular complexity index is 870. The lowest BCUT2D eigenvalue weighted by Gasteiger charge is -2.26. The van der Waals surface area contributed by atoms with E-state index < -0.39 is 20.0 Å². The number of phosphoric ester groups is 1. The fourth-order valence-corrected chi connectivity index (χ4v) is 8.02. The van der Waals surface area contributed by atoms with Crippen LogP contribution in [0.1, 0.15) is 239 Å². The van der Waals surface area contributed by atoms with E-state index in [1.165, 1.54) is 173 Å². The molecule has 3 N–H and O–H groups in total. The second-order valence-corrected chi connectivity index (χ2v) is 19.3. The van der Waals surface area contributed by atoms with Crippen LogP contribution in [-0.2, 0) is 18.4 Å². The highest BCUT2D eigenvalue weighted by atomic mass is 31.2. The van der Waals surface area contributed by atoms with Gasteiger partial charge in [-0.2, -0.15) is 0 Å². The Kier molecular flexibility index (Phi) is 38.6. The topological polar surface area (TPSA) is 105 Å². The second kappa shape index (κ2) is 39.0. The Labute approximate surface area is 342 Å². The lowest BCUT2D eigenvalue weighted by atomic mass is 10.0. The highest BCUT2D eigenvalue weighted by molar-refractivity contribution is 7.47. The first kappa shape index (κ1) is 54.5. The van der Waals surface area contributed by atoms with E-state index in [9.17, 15) is 19.4 Å². The molecule has 8 nitrogen and oxygen atoms in total. The molecule has 0 aliphatic rings. The van der Waals surface area contributed by atoms with Crippen LogP contribution in [-0.4, -0.2) is 73.4 Å². The van der Waals surface area contributed by atoms with E-state index in [-0.39, 0.29) is 19.1 Å². The summed E-state index contributed by atoms with van der Waals surface area (Å²) in [5.41, 5.74) is 0. The van der Waals surface area contributed by atoms with Crippen LogP contribution in [0.2, 0.25) is 0 Å². The summed E-state index contributed by atoms with van der Waals surface area (Å²) in [6.45, 7) is 4.91. The minimum absolute atomic E-state index is 0.0786. The van der Waals surface area contributed by atoms with Gasteiger partial charge in [-0.3, -0.25) is 13.8 Å². The van der Waals surface area contributed by atoms with Crippen LogP contribution in [0.4, 0.5) is 0 Å². The number of amides is 1. The number of hydrogen-bond donors (Lipinski definition) is 3. The molecular formula is C46H96N2O6P+. The molecule has 0 saturated carbocycles. The zero-order valence-corrected chi connectivity index (χ0v) is 38.3. The molecule has 3 atom stereocenters. The highest BCUT2D eigenvalue weighted by Gasteiger charge is 2.28. The third kappa shape index (κ3) is 41.5. The van der Waals surface area contributed by atoms with Gasteiger partial charge in [0.25, 0.3) is 0 Å². The van der Waals surface area contributed by atoms with Gasteiger partial charge in [-0.1, -0.05) is 219 Å². The van der Waals surface area contributed by atoms with Gasteiger partial charge in [0.05, 0.1) is 39.9 Å². The van der Waals surface area contributed by atoms with E-state index >= 15 is 0 Å². The maximum absolute atomic E-state index is 12.9. The van der Waals surface area contributed by atoms with Crippen molar-refractivity contribution in [3.05, 3.63) is 0 Å². The molecule has 0 fully saturated rings. The summed E-state index contributed by atoms with van der Waals surface area (Å²) >= 11 is 0. The van der Waals surface area contributed by atoms with Crippen LogP contribution in [0.3, 0.4) is 0 Å². The summed E-state index contributed by atoms with van der Waals surface area (Å²) in [6, 6.07) is -0.752. The zero-order valence-electron chi connectivity index (χ0n) is 37.4. The Morgan fingerprint density at radius 2 is 0.873 bits per heavy atom. The summed E-state index contributed by atoms with van der Waals surface area (Å²) in [5.74, 6) is -0.140. The van der Waals surface area contributed by atoms with Crippen LogP contribution < -0.4 is 5.32 Å². The van der Waals surface area contributed by atoms with Gasteiger partial charge in [-0.25, -0.2) is 4.57 Å². The lowest BCUT2D eigenvalue weighted by Crippen LogP contribution is -2.46. The van der Waals surface area contributed by atoms with Crippen molar-refractivity contribution < 1.29 is 32.9 Å². The van der Waals surface area contributed by atoms with Crippen molar-refractivity contribution in [2.75, 3.05) is 40.9 Å². The largest absolute Gasteiger partial charge is 0.472 e. The molecular weight excluding hydrogens is 707 g/mol. The summed E-state index contributed by atoms with van der Waals surface area (Å²) < 4.78 is 23.6. The quantitative estimate of drug-likeness (QED) is 0.0322. The van der Waals surface area contributed by atoms with Crippen LogP contribution in [0.25, 0.3) is 0 Å². The molecule has 0 radical (unpaired) electrons.